The molecular weight excluding hydrogens is 445 g/mol. The third-order valence-electron chi connectivity index (χ3n) is 5.80. The fourth-order valence-corrected chi connectivity index (χ4v) is 3.82. The van der Waals surface area contributed by atoms with Gasteiger partial charge in [0.25, 0.3) is 5.91 Å². The number of carbonyl (C=O) groups is 2. The number of amides is 1. The van der Waals surface area contributed by atoms with Crippen molar-refractivity contribution in [3.63, 3.8) is 0 Å². The highest BCUT2D eigenvalue weighted by molar-refractivity contribution is 5.94. The quantitative estimate of drug-likeness (QED) is 0.266. The second-order valence-electron chi connectivity index (χ2n) is 8.51. The van der Waals surface area contributed by atoms with E-state index >= 15 is 0 Å². The van der Waals surface area contributed by atoms with Crippen LogP contribution in [0.1, 0.15) is 67.5 Å². The van der Waals surface area contributed by atoms with Crippen LogP contribution in [-0.2, 0) is 4.79 Å². The Labute approximate surface area is 206 Å². The first kappa shape index (κ1) is 25.9. The van der Waals surface area contributed by atoms with Crippen molar-refractivity contribution in [1.29, 1.82) is 0 Å². The standard InChI is InChI=1S/C29H32FNO4/c1-2-3-4-5-6-27(23-7-9-24(10-8-23)29(34)31-20-19-28(32)33)35-26-17-13-22(14-18-26)21-11-15-25(30)16-12-21/h7-18,27H,2-6,19-20H2,1H3,(H,31,34)(H,32,33). The molecule has 0 fully saturated rings. The van der Waals surface area contributed by atoms with Gasteiger partial charge in [-0.3, -0.25) is 9.59 Å². The van der Waals surface area contributed by atoms with Crippen LogP contribution in [0.25, 0.3) is 11.1 Å². The topological polar surface area (TPSA) is 75.6 Å². The molecule has 2 N–H and O–H groups in total. The summed E-state index contributed by atoms with van der Waals surface area (Å²) in [5, 5.41) is 11.3. The Morgan fingerprint density at radius 2 is 1.51 bits per heavy atom. The Balaban J connectivity index is 1.69. The van der Waals surface area contributed by atoms with Crippen molar-refractivity contribution in [1.82, 2.24) is 5.32 Å². The minimum Gasteiger partial charge on any atom is -0.486 e. The molecule has 3 rings (SSSR count). The van der Waals surface area contributed by atoms with Gasteiger partial charge in [-0.2, -0.15) is 0 Å². The van der Waals surface area contributed by atoms with Gasteiger partial charge in [-0.25, -0.2) is 4.39 Å². The van der Waals surface area contributed by atoms with Crippen LogP contribution in [0.4, 0.5) is 4.39 Å². The molecule has 0 heterocycles. The summed E-state index contributed by atoms with van der Waals surface area (Å²) in [6.45, 7) is 2.27. The first-order valence-electron chi connectivity index (χ1n) is 12.1. The highest BCUT2D eigenvalue weighted by Gasteiger charge is 2.15. The fourth-order valence-electron chi connectivity index (χ4n) is 3.82. The largest absolute Gasteiger partial charge is 0.486 e. The normalized spacial score (nSPS) is 11.6. The molecule has 1 atom stereocenters. The molecule has 35 heavy (non-hydrogen) atoms. The lowest BCUT2D eigenvalue weighted by atomic mass is 10.0. The summed E-state index contributed by atoms with van der Waals surface area (Å²) in [6.07, 6.45) is 5.07. The van der Waals surface area contributed by atoms with E-state index in [1.807, 2.05) is 36.4 Å². The lowest BCUT2D eigenvalue weighted by Crippen LogP contribution is -2.26. The zero-order valence-corrected chi connectivity index (χ0v) is 20.0. The first-order chi connectivity index (χ1) is 17.0. The number of nitrogens with one attached hydrogen (secondary N) is 1. The zero-order valence-electron chi connectivity index (χ0n) is 20.0. The van der Waals surface area contributed by atoms with E-state index in [9.17, 15) is 14.0 Å². The van der Waals surface area contributed by atoms with Crippen LogP contribution < -0.4 is 10.1 Å². The van der Waals surface area contributed by atoms with E-state index in [0.717, 1.165) is 48.1 Å². The molecule has 0 aliphatic heterocycles. The monoisotopic (exact) mass is 477 g/mol. The van der Waals surface area contributed by atoms with Crippen molar-refractivity contribution in [2.24, 2.45) is 0 Å². The van der Waals surface area contributed by atoms with Crippen LogP contribution >= 0.6 is 0 Å². The third kappa shape index (κ3) is 8.25. The van der Waals surface area contributed by atoms with E-state index < -0.39 is 5.97 Å². The van der Waals surface area contributed by atoms with Crippen molar-refractivity contribution in [3.8, 4) is 16.9 Å². The van der Waals surface area contributed by atoms with Crippen molar-refractivity contribution < 1.29 is 23.8 Å². The zero-order chi connectivity index (χ0) is 25.0. The smallest absolute Gasteiger partial charge is 0.305 e. The van der Waals surface area contributed by atoms with Gasteiger partial charge in [0.2, 0.25) is 0 Å². The molecule has 3 aromatic carbocycles. The molecule has 0 aromatic heterocycles. The van der Waals surface area contributed by atoms with Crippen molar-refractivity contribution in [2.75, 3.05) is 6.54 Å². The Bertz CT molecular complexity index is 1080. The summed E-state index contributed by atoms with van der Waals surface area (Å²) in [5.41, 5.74) is 3.38. The molecule has 0 aliphatic rings. The number of aliphatic carboxylic acids is 1. The van der Waals surface area contributed by atoms with Crippen LogP contribution in [0.15, 0.2) is 72.8 Å². The SMILES string of the molecule is CCCCCCC(Oc1ccc(-c2ccc(F)cc2)cc1)c1ccc(C(=O)NCCC(=O)O)cc1. The molecule has 0 radical (unpaired) electrons. The Morgan fingerprint density at radius 3 is 2.11 bits per heavy atom. The lowest BCUT2D eigenvalue weighted by Gasteiger charge is -2.20. The number of halogens is 1. The molecule has 1 unspecified atom stereocenters. The highest BCUT2D eigenvalue weighted by Crippen LogP contribution is 2.29. The minimum absolute atomic E-state index is 0.0903. The number of unbranched alkanes of at least 4 members (excludes halogenated alkanes) is 3. The van der Waals surface area contributed by atoms with Gasteiger partial charge in [-0.1, -0.05) is 62.6 Å². The Morgan fingerprint density at radius 1 is 0.886 bits per heavy atom. The van der Waals surface area contributed by atoms with Crippen LogP contribution in [0, 0.1) is 5.82 Å². The summed E-state index contributed by atoms with van der Waals surface area (Å²) in [4.78, 5) is 22.9. The second kappa shape index (κ2) is 13.3. The van der Waals surface area contributed by atoms with Gasteiger partial charge >= 0.3 is 5.97 Å². The fraction of sp³-hybridized carbons (Fsp3) is 0.310. The molecule has 0 saturated carbocycles. The van der Waals surface area contributed by atoms with Gasteiger partial charge < -0.3 is 15.2 Å². The van der Waals surface area contributed by atoms with E-state index in [4.69, 9.17) is 9.84 Å². The molecule has 0 bridgehead atoms. The number of benzene rings is 3. The van der Waals surface area contributed by atoms with E-state index in [1.165, 1.54) is 18.6 Å². The average Bonchev–Trinajstić information content (AvgIpc) is 2.86. The van der Waals surface area contributed by atoms with Gasteiger partial charge in [-0.05, 0) is 65.9 Å². The predicted octanol–water partition coefficient (Wildman–Crippen LogP) is 6.79. The number of hydrogen-bond donors (Lipinski definition) is 2. The molecule has 1 amide bonds. The third-order valence-corrected chi connectivity index (χ3v) is 5.80. The molecule has 0 saturated heterocycles. The molecule has 3 aromatic rings. The van der Waals surface area contributed by atoms with E-state index in [1.54, 1.807) is 24.3 Å². The summed E-state index contributed by atoms with van der Waals surface area (Å²) < 4.78 is 19.6. The van der Waals surface area contributed by atoms with Crippen molar-refractivity contribution >= 4 is 11.9 Å². The number of carboxylic acids is 1. The number of carboxylic acid groups (broad SMARTS) is 1. The van der Waals surface area contributed by atoms with Crippen LogP contribution in [-0.4, -0.2) is 23.5 Å². The van der Waals surface area contributed by atoms with E-state index in [0.29, 0.717) is 5.56 Å². The lowest BCUT2D eigenvalue weighted by molar-refractivity contribution is -0.136. The molecule has 5 nitrogen and oxygen atoms in total. The molecule has 0 spiro atoms. The van der Waals surface area contributed by atoms with E-state index in [2.05, 4.69) is 12.2 Å². The van der Waals surface area contributed by atoms with Crippen molar-refractivity contribution in [3.05, 3.63) is 89.7 Å². The van der Waals surface area contributed by atoms with Gasteiger partial charge in [0.05, 0.1) is 6.42 Å². The minimum atomic E-state index is -0.950. The Kier molecular flexibility index (Phi) is 9.84. The maximum atomic E-state index is 13.2. The number of ether oxygens (including phenoxy) is 1. The summed E-state index contributed by atoms with van der Waals surface area (Å²) >= 11 is 0. The maximum Gasteiger partial charge on any atom is 0.305 e. The van der Waals surface area contributed by atoms with E-state index in [-0.39, 0.29) is 30.8 Å². The van der Waals surface area contributed by atoms with Crippen LogP contribution in [0.2, 0.25) is 0 Å². The summed E-state index contributed by atoms with van der Waals surface area (Å²) in [7, 11) is 0. The number of carbonyl (C=O) groups excluding carboxylic acids is 1. The molecule has 0 aliphatic carbocycles. The number of hydrogen-bond acceptors (Lipinski definition) is 3. The van der Waals surface area contributed by atoms with Crippen LogP contribution in [0.3, 0.4) is 0 Å². The van der Waals surface area contributed by atoms with Gasteiger partial charge in [-0.15, -0.1) is 0 Å². The molecular formula is C29H32FNO4. The summed E-state index contributed by atoms with van der Waals surface area (Å²) in [6, 6.07) is 21.4. The van der Waals surface area contributed by atoms with Crippen molar-refractivity contribution in [2.45, 2.75) is 51.6 Å². The maximum absolute atomic E-state index is 13.2. The Hall–Kier alpha value is -3.67. The highest BCUT2D eigenvalue weighted by atomic mass is 19.1. The molecule has 6 heteroatoms. The summed E-state index contributed by atoms with van der Waals surface area (Å²) in [5.74, 6) is -0.765. The average molecular weight is 478 g/mol. The van der Waals surface area contributed by atoms with Gasteiger partial charge in [0.15, 0.2) is 0 Å². The predicted molar refractivity (Wildman–Crippen MR) is 135 cm³/mol. The number of rotatable bonds is 13. The van der Waals surface area contributed by atoms with Gasteiger partial charge in [0, 0.05) is 12.1 Å². The second-order valence-corrected chi connectivity index (χ2v) is 8.51. The molecule has 184 valence electrons. The van der Waals surface area contributed by atoms with Gasteiger partial charge in [0.1, 0.15) is 17.7 Å². The van der Waals surface area contributed by atoms with Crippen LogP contribution in [0.5, 0.6) is 5.75 Å². The first-order valence-corrected chi connectivity index (χ1v) is 12.1.